The molecule has 0 bridgehead atoms. The zero-order valence-corrected chi connectivity index (χ0v) is 16.9. The lowest BCUT2D eigenvalue weighted by molar-refractivity contribution is 0.140. The number of rotatable bonds is 2. The molecule has 2 saturated heterocycles. The standard InChI is InChI=1S/C19H22ClN3O4S/c20-16-3-1-2-15(12-16)18(13-21)14-4-8-22(9-5-14)19(24)23-10-6-17(7-11-23)28(25,26)27/h1-3,12,17H,4-11H2,(H,25,26,27). The molecular weight excluding hydrogens is 402 g/mol. The van der Waals surface area contributed by atoms with Crippen molar-refractivity contribution in [2.24, 2.45) is 0 Å². The van der Waals surface area contributed by atoms with Gasteiger partial charge in [0, 0.05) is 31.2 Å². The average molecular weight is 424 g/mol. The van der Waals surface area contributed by atoms with E-state index in [2.05, 4.69) is 6.07 Å². The van der Waals surface area contributed by atoms with E-state index in [-0.39, 0.29) is 18.9 Å². The van der Waals surface area contributed by atoms with Crippen molar-refractivity contribution in [1.82, 2.24) is 9.80 Å². The number of allylic oxidation sites excluding steroid dienone is 1. The minimum atomic E-state index is -4.05. The minimum absolute atomic E-state index is 0.117. The summed E-state index contributed by atoms with van der Waals surface area (Å²) in [6, 6.07) is 9.35. The summed E-state index contributed by atoms with van der Waals surface area (Å²) in [5.74, 6) is 0. The molecule has 0 atom stereocenters. The smallest absolute Gasteiger partial charge is 0.320 e. The van der Waals surface area contributed by atoms with Gasteiger partial charge in [0.2, 0.25) is 0 Å². The SMILES string of the molecule is N#CC(=C1CCN(C(=O)N2CCC(S(=O)(=O)O)CC2)CC1)c1cccc(Cl)c1. The van der Waals surface area contributed by atoms with E-state index < -0.39 is 15.4 Å². The van der Waals surface area contributed by atoms with Crippen molar-refractivity contribution >= 4 is 33.3 Å². The maximum atomic E-state index is 12.7. The second kappa shape index (κ2) is 8.52. The molecule has 0 radical (unpaired) electrons. The van der Waals surface area contributed by atoms with Gasteiger partial charge in [-0.25, -0.2) is 4.79 Å². The molecule has 28 heavy (non-hydrogen) atoms. The number of carbonyl (C=O) groups is 1. The van der Waals surface area contributed by atoms with Crippen LogP contribution in [0.25, 0.3) is 5.57 Å². The topological polar surface area (TPSA) is 102 Å². The summed E-state index contributed by atoms with van der Waals surface area (Å²) in [5, 5.41) is 9.37. The second-order valence-electron chi connectivity index (χ2n) is 7.07. The van der Waals surface area contributed by atoms with Crippen LogP contribution in [0.15, 0.2) is 29.8 Å². The third-order valence-corrected chi connectivity index (χ3v) is 6.90. The maximum absolute atomic E-state index is 12.7. The van der Waals surface area contributed by atoms with Gasteiger partial charge in [-0.15, -0.1) is 0 Å². The third-order valence-electron chi connectivity index (χ3n) is 5.35. The molecule has 2 aliphatic rings. The summed E-state index contributed by atoms with van der Waals surface area (Å²) in [6.45, 7) is 1.65. The first kappa shape index (κ1) is 20.6. The Morgan fingerprint density at radius 2 is 1.75 bits per heavy atom. The molecule has 150 valence electrons. The lowest BCUT2D eigenvalue weighted by Crippen LogP contribution is -2.50. The van der Waals surface area contributed by atoms with Crippen LogP contribution in [0.2, 0.25) is 5.02 Å². The van der Waals surface area contributed by atoms with Gasteiger partial charge < -0.3 is 9.80 Å². The first-order valence-electron chi connectivity index (χ1n) is 9.18. The number of urea groups is 1. The number of hydrogen-bond donors (Lipinski definition) is 1. The zero-order chi connectivity index (χ0) is 20.3. The molecule has 2 fully saturated rings. The fraction of sp³-hybridized carbons (Fsp3) is 0.474. The summed E-state index contributed by atoms with van der Waals surface area (Å²) in [6.07, 6.45) is 1.72. The number of amides is 2. The molecular formula is C19H22ClN3O4S. The molecule has 3 rings (SSSR count). The molecule has 0 saturated carbocycles. The minimum Gasteiger partial charge on any atom is -0.325 e. The van der Waals surface area contributed by atoms with Crippen LogP contribution in [0.4, 0.5) is 4.79 Å². The van der Waals surface area contributed by atoms with Crippen molar-refractivity contribution in [2.75, 3.05) is 26.2 Å². The lowest BCUT2D eigenvalue weighted by atomic mass is 9.94. The zero-order valence-electron chi connectivity index (χ0n) is 15.3. The first-order chi connectivity index (χ1) is 13.3. The summed E-state index contributed by atoms with van der Waals surface area (Å²) in [5.41, 5.74) is 2.42. The summed E-state index contributed by atoms with van der Waals surface area (Å²) in [7, 11) is -4.05. The molecule has 2 aliphatic heterocycles. The molecule has 0 spiro atoms. The largest absolute Gasteiger partial charge is 0.325 e. The fourth-order valence-electron chi connectivity index (χ4n) is 3.75. The van der Waals surface area contributed by atoms with Crippen LogP contribution in [0.1, 0.15) is 31.2 Å². The molecule has 1 aromatic carbocycles. The van der Waals surface area contributed by atoms with Crippen molar-refractivity contribution < 1.29 is 17.8 Å². The Hall–Kier alpha value is -2.08. The van der Waals surface area contributed by atoms with Crippen molar-refractivity contribution in [2.45, 2.75) is 30.9 Å². The van der Waals surface area contributed by atoms with E-state index in [0.29, 0.717) is 49.6 Å². The van der Waals surface area contributed by atoms with Crippen molar-refractivity contribution in [3.05, 3.63) is 40.4 Å². The van der Waals surface area contributed by atoms with Gasteiger partial charge in [-0.05, 0) is 49.0 Å². The number of halogens is 1. The number of piperidine rings is 2. The van der Waals surface area contributed by atoms with Crippen molar-refractivity contribution in [3.8, 4) is 6.07 Å². The first-order valence-corrected chi connectivity index (χ1v) is 11.1. The van der Waals surface area contributed by atoms with Crippen LogP contribution < -0.4 is 0 Å². The van der Waals surface area contributed by atoms with Gasteiger partial charge in [-0.1, -0.05) is 23.7 Å². The van der Waals surface area contributed by atoms with E-state index in [4.69, 9.17) is 16.2 Å². The Bertz CT molecular complexity index is 921. The van der Waals surface area contributed by atoms with Gasteiger partial charge in [0.25, 0.3) is 10.1 Å². The number of carbonyl (C=O) groups excluding carboxylic acids is 1. The maximum Gasteiger partial charge on any atom is 0.320 e. The van der Waals surface area contributed by atoms with E-state index in [9.17, 15) is 18.5 Å². The number of likely N-dealkylation sites (tertiary alicyclic amines) is 2. The Kier molecular flexibility index (Phi) is 6.28. The molecule has 2 heterocycles. The van der Waals surface area contributed by atoms with Gasteiger partial charge >= 0.3 is 6.03 Å². The molecule has 7 nitrogen and oxygen atoms in total. The monoisotopic (exact) mass is 423 g/mol. The highest BCUT2D eigenvalue weighted by Crippen LogP contribution is 2.28. The number of benzene rings is 1. The molecule has 0 unspecified atom stereocenters. The highest BCUT2D eigenvalue weighted by molar-refractivity contribution is 7.86. The Balaban J connectivity index is 1.62. The summed E-state index contributed by atoms with van der Waals surface area (Å²) in [4.78, 5) is 16.1. The Morgan fingerprint density at radius 3 is 2.29 bits per heavy atom. The van der Waals surface area contributed by atoms with E-state index in [1.807, 2.05) is 12.1 Å². The van der Waals surface area contributed by atoms with Gasteiger partial charge in [0.05, 0.1) is 16.9 Å². The normalized spacial score (nSPS) is 18.7. The molecule has 1 N–H and O–H groups in total. The van der Waals surface area contributed by atoms with Crippen molar-refractivity contribution in [3.63, 3.8) is 0 Å². The average Bonchev–Trinajstić information content (AvgIpc) is 2.68. The van der Waals surface area contributed by atoms with Gasteiger partial charge in [0.1, 0.15) is 0 Å². The van der Waals surface area contributed by atoms with E-state index in [0.717, 1.165) is 11.1 Å². The Labute approximate surface area is 169 Å². The van der Waals surface area contributed by atoms with Crippen LogP contribution in [-0.2, 0) is 10.1 Å². The van der Waals surface area contributed by atoms with Crippen LogP contribution in [0.3, 0.4) is 0 Å². The van der Waals surface area contributed by atoms with Crippen LogP contribution in [0.5, 0.6) is 0 Å². The number of hydrogen-bond acceptors (Lipinski definition) is 4. The van der Waals surface area contributed by atoms with Crippen LogP contribution in [-0.4, -0.2) is 60.2 Å². The lowest BCUT2D eigenvalue weighted by Gasteiger charge is -2.37. The highest BCUT2D eigenvalue weighted by Gasteiger charge is 2.32. The van der Waals surface area contributed by atoms with Gasteiger partial charge in [-0.2, -0.15) is 13.7 Å². The Morgan fingerprint density at radius 1 is 1.14 bits per heavy atom. The predicted octanol–water partition coefficient (Wildman–Crippen LogP) is 3.19. The summed E-state index contributed by atoms with van der Waals surface area (Å²) >= 11 is 6.03. The highest BCUT2D eigenvalue weighted by atomic mass is 35.5. The third kappa shape index (κ3) is 4.66. The molecule has 0 aliphatic carbocycles. The molecule has 0 aromatic heterocycles. The van der Waals surface area contributed by atoms with Crippen LogP contribution >= 0.6 is 11.6 Å². The van der Waals surface area contributed by atoms with Gasteiger partial charge in [-0.3, -0.25) is 4.55 Å². The molecule has 9 heteroatoms. The predicted molar refractivity (Wildman–Crippen MR) is 106 cm³/mol. The number of nitrogens with zero attached hydrogens (tertiary/aromatic N) is 3. The van der Waals surface area contributed by atoms with Gasteiger partial charge in [0.15, 0.2) is 0 Å². The quantitative estimate of drug-likeness (QED) is 0.581. The van der Waals surface area contributed by atoms with Crippen LogP contribution in [0, 0.1) is 11.3 Å². The molecule has 2 amide bonds. The number of nitriles is 1. The summed E-state index contributed by atoms with van der Waals surface area (Å²) < 4.78 is 31.6. The van der Waals surface area contributed by atoms with Crippen molar-refractivity contribution in [1.29, 1.82) is 5.26 Å². The van der Waals surface area contributed by atoms with E-state index >= 15 is 0 Å². The van der Waals surface area contributed by atoms with E-state index in [1.54, 1.807) is 21.9 Å². The second-order valence-corrected chi connectivity index (χ2v) is 9.20. The fourth-order valence-corrected chi connectivity index (χ4v) is 4.75. The van der Waals surface area contributed by atoms with E-state index in [1.165, 1.54) is 0 Å². The molecule has 1 aromatic rings.